The Balaban J connectivity index is 2.38. The maximum absolute atomic E-state index is 5.80. The largest absolute Gasteiger partial charge is 0.497 e. The summed E-state index contributed by atoms with van der Waals surface area (Å²) >= 11 is 0. The van der Waals surface area contributed by atoms with E-state index in [0.717, 1.165) is 22.4 Å². The SMILES string of the molecule is COc1ccc(C(NN)C(OC)c2ccccc2)c(C)c1. The highest BCUT2D eigenvalue weighted by atomic mass is 16.5. The van der Waals surface area contributed by atoms with Gasteiger partial charge >= 0.3 is 0 Å². The van der Waals surface area contributed by atoms with Gasteiger partial charge in [-0.1, -0.05) is 36.4 Å². The highest BCUT2D eigenvalue weighted by Gasteiger charge is 2.25. The predicted molar refractivity (Wildman–Crippen MR) is 84.0 cm³/mol. The Hall–Kier alpha value is -1.88. The van der Waals surface area contributed by atoms with Crippen molar-refractivity contribution in [2.75, 3.05) is 14.2 Å². The lowest BCUT2D eigenvalue weighted by Gasteiger charge is -2.27. The number of nitrogens with one attached hydrogen (secondary N) is 1. The molecular formula is C17H22N2O2. The Morgan fingerprint density at radius 1 is 1.05 bits per heavy atom. The van der Waals surface area contributed by atoms with Crippen LogP contribution in [0.1, 0.15) is 28.8 Å². The van der Waals surface area contributed by atoms with Crippen LogP contribution in [0.25, 0.3) is 0 Å². The Bertz CT molecular complexity index is 572. The third-order valence-electron chi connectivity index (χ3n) is 3.68. The molecule has 0 heterocycles. The van der Waals surface area contributed by atoms with Crippen molar-refractivity contribution in [3.05, 3.63) is 65.2 Å². The van der Waals surface area contributed by atoms with Crippen LogP contribution in [-0.4, -0.2) is 14.2 Å². The molecule has 0 aliphatic rings. The van der Waals surface area contributed by atoms with Crippen LogP contribution in [-0.2, 0) is 4.74 Å². The van der Waals surface area contributed by atoms with Gasteiger partial charge in [-0.05, 0) is 35.7 Å². The van der Waals surface area contributed by atoms with E-state index in [1.54, 1.807) is 14.2 Å². The van der Waals surface area contributed by atoms with E-state index in [-0.39, 0.29) is 12.1 Å². The highest BCUT2D eigenvalue weighted by Crippen LogP contribution is 2.33. The van der Waals surface area contributed by atoms with Gasteiger partial charge < -0.3 is 9.47 Å². The molecule has 4 heteroatoms. The van der Waals surface area contributed by atoms with Gasteiger partial charge in [0.2, 0.25) is 0 Å². The number of hydrogen-bond donors (Lipinski definition) is 2. The van der Waals surface area contributed by atoms with Crippen LogP contribution < -0.4 is 16.0 Å². The molecule has 2 aromatic carbocycles. The molecule has 4 nitrogen and oxygen atoms in total. The topological polar surface area (TPSA) is 56.5 Å². The van der Waals surface area contributed by atoms with E-state index in [0.29, 0.717) is 0 Å². The van der Waals surface area contributed by atoms with E-state index in [1.807, 2.05) is 55.5 Å². The monoisotopic (exact) mass is 286 g/mol. The van der Waals surface area contributed by atoms with Crippen LogP contribution in [0.4, 0.5) is 0 Å². The minimum absolute atomic E-state index is 0.136. The van der Waals surface area contributed by atoms with Gasteiger partial charge in [0, 0.05) is 7.11 Å². The van der Waals surface area contributed by atoms with Gasteiger partial charge in [-0.2, -0.15) is 0 Å². The van der Waals surface area contributed by atoms with Gasteiger partial charge in [0.1, 0.15) is 11.9 Å². The van der Waals surface area contributed by atoms with Crippen molar-refractivity contribution < 1.29 is 9.47 Å². The van der Waals surface area contributed by atoms with Crippen molar-refractivity contribution in [3.8, 4) is 5.75 Å². The molecule has 0 spiro atoms. The minimum Gasteiger partial charge on any atom is -0.497 e. The highest BCUT2D eigenvalue weighted by molar-refractivity contribution is 5.38. The van der Waals surface area contributed by atoms with E-state index in [9.17, 15) is 0 Å². The zero-order valence-electron chi connectivity index (χ0n) is 12.7. The van der Waals surface area contributed by atoms with Crippen molar-refractivity contribution in [2.24, 2.45) is 5.84 Å². The second-order valence-electron chi connectivity index (χ2n) is 4.93. The van der Waals surface area contributed by atoms with Crippen LogP contribution in [0.5, 0.6) is 5.75 Å². The lowest BCUT2D eigenvalue weighted by Crippen LogP contribution is -2.33. The Morgan fingerprint density at radius 3 is 2.29 bits per heavy atom. The minimum atomic E-state index is -0.164. The normalized spacial score (nSPS) is 13.7. The standard InChI is InChI=1S/C17H22N2O2/c1-12-11-14(20-2)9-10-15(12)16(19-18)17(21-3)13-7-5-4-6-8-13/h4-11,16-17,19H,18H2,1-3H3. The summed E-state index contributed by atoms with van der Waals surface area (Å²) in [4.78, 5) is 0. The molecular weight excluding hydrogens is 264 g/mol. The summed E-state index contributed by atoms with van der Waals surface area (Å²) in [6.07, 6.45) is -0.164. The lowest BCUT2D eigenvalue weighted by atomic mass is 9.93. The number of methoxy groups -OCH3 is 2. The molecule has 112 valence electrons. The van der Waals surface area contributed by atoms with Crippen LogP contribution in [0.15, 0.2) is 48.5 Å². The van der Waals surface area contributed by atoms with Gasteiger partial charge in [0.05, 0.1) is 13.2 Å². The molecule has 0 aliphatic carbocycles. The summed E-state index contributed by atoms with van der Waals surface area (Å²) in [6.45, 7) is 2.04. The summed E-state index contributed by atoms with van der Waals surface area (Å²) in [7, 11) is 3.36. The maximum atomic E-state index is 5.80. The van der Waals surface area contributed by atoms with Crippen LogP contribution in [0.3, 0.4) is 0 Å². The number of aryl methyl sites for hydroxylation is 1. The summed E-state index contributed by atoms with van der Waals surface area (Å²) in [5.74, 6) is 6.63. The molecule has 2 aromatic rings. The molecule has 0 radical (unpaired) electrons. The molecule has 2 rings (SSSR count). The fourth-order valence-electron chi connectivity index (χ4n) is 2.57. The fourth-order valence-corrected chi connectivity index (χ4v) is 2.57. The number of benzene rings is 2. The third kappa shape index (κ3) is 3.42. The molecule has 0 fully saturated rings. The average molecular weight is 286 g/mol. The smallest absolute Gasteiger partial charge is 0.119 e. The van der Waals surface area contributed by atoms with E-state index in [4.69, 9.17) is 15.3 Å². The van der Waals surface area contributed by atoms with Gasteiger partial charge in [0.15, 0.2) is 0 Å². The molecule has 0 aliphatic heterocycles. The van der Waals surface area contributed by atoms with Gasteiger partial charge in [-0.25, -0.2) is 5.43 Å². The predicted octanol–water partition coefficient (Wildman–Crippen LogP) is 2.90. The Labute approximate surface area is 125 Å². The Morgan fingerprint density at radius 2 is 1.76 bits per heavy atom. The molecule has 0 amide bonds. The van der Waals surface area contributed by atoms with E-state index in [1.165, 1.54) is 0 Å². The van der Waals surface area contributed by atoms with Gasteiger partial charge in [0.25, 0.3) is 0 Å². The second-order valence-corrected chi connectivity index (χ2v) is 4.93. The zero-order valence-corrected chi connectivity index (χ0v) is 12.7. The second kappa shape index (κ2) is 7.22. The molecule has 2 atom stereocenters. The van der Waals surface area contributed by atoms with Crippen LogP contribution in [0.2, 0.25) is 0 Å². The molecule has 0 aromatic heterocycles. The lowest BCUT2D eigenvalue weighted by molar-refractivity contribution is 0.0674. The molecule has 0 bridgehead atoms. The first kappa shape index (κ1) is 15.5. The summed E-state index contributed by atoms with van der Waals surface area (Å²) < 4.78 is 10.9. The summed E-state index contributed by atoms with van der Waals surface area (Å²) in [5.41, 5.74) is 6.16. The summed E-state index contributed by atoms with van der Waals surface area (Å²) in [5, 5.41) is 0. The first-order chi connectivity index (χ1) is 10.2. The molecule has 21 heavy (non-hydrogen) atoms. The fraction of sp³-hybridized carbons (Fsp3) is 0.294. The van der Waals surface area contributed by atoms with Crippen molar-refractivity contribution >= 4 is 0 Å². The van der Waals surface area contributed by atoms with Crippen molar-refractivity contribution in [3.63, 3.8) is 0 Å². The summed E-state index contributed by atoms with van der Waals surface area (Å²) in [6, 6.07) is 15.9. The van der Waals surface area contributed by atoms with E-state index >= 15 is 0 Å². The zero-order chi connectivity index (χ0) is 15.2. The molecule has 0 saturated heterocycles. The van der Waals surface area contributed by atoms with E-state index in [2.05, 4.69) is 5.43 Å². The van der Waals surface area contributed by atoms with Crippen molar-refractivity contribution in [1.82, 2.24) is 5.43 Å². The average Bonchev–Trinajstić information content (AvgIpc) is 2.53. The van der Waals surface area contributed by atoms with Crippen LogP contribution in [0, 0.1) is 6.92 Å². The molecule has 0 saturated carbocycles. The third-order valence-corrected chi connectivity index (χ3v) is 3.68. The van der Waals surface area contributed by atoms with Gasteiger partial charge in [-0.3, -0.25) is 5.84 Å². The molecule has 2 unspecified atom stereocenters. The first-order valence-corrected chi connectivity index (χ1v) is 6.89. The number of rotatable bonds is 6. The van der Waals surface area contributed by atoms with Gasteiger partial charge in [-0.15, -0.1) is 0 Å². The number of hydrazine groups is 1. The number of ether oxygens (including phenoxy) is 2. The number of nitrogens with two attached hydrogens (primary N) is 1. The first-order valence-electron chi connectivity index (χ1n) is 6.89. The maximum Gasteiger partial charge on any atom is 0.119 e. The number of hydrogen-bond acceptors (Lipinski definition) is 4. The van der Waals surface area contributed by atoms with Crippen molar-refractivity contribution in [2.45, 2.75) is 19.1 Å². The quantitative estimate of drug-likeness (QED) is 0.633. The molecule has 3 N–H and O–H groups in total. The Kier molecular flexibility index (Phi) is 5.33. The van der Waals surface area contributed by atoms with E-state index < -0.39 is 0 Å². The van der Waals surface area contributed by atoms with Crippen molar-refractivity contribution in [1.29, 1.82) is 0 Å². The van der Waals surface area contributed by atoms with Crippen LogP contribution >= 0.6 is 0 Å².